The van der Waals surface area contributed by atoms with Gasteiger partial charge in [-0.15, -0.1) is 0 Å². The van der Waals surface area contributed by atoms with Crippen molar-refractivity contribution in [3.8, 4) is 0 Å². The van der Waals surface area contributed by atoms with Crippen molar-refractivity contribution in [2.45, 2.75) is 131 Å². The van der Waals surface area contributed by atoms with Crippen LogP contribution in [0.4, 0.5) is 0 Å². The lowest BCUT2D eigenvalue weighted by atomic mass is 9.66. The molecule has 0 atom stereocenters. The molecule has 0 amide bonds. The van der Waals surface area contributed by atoms with E-state index in [0.717, 1.165) is 0 Å². The van der Waals surface area contributed by atoms with Gasteiger partial charge in [0, 0.05) is 22.2 Å². The van der Waals surface area contributed by atoms with E-state index in [1.807, 2.05) is 0 Å². The lowest BCUT2D eigenvalue weighted by Crippen LogP contribution is -2.71. The average Bonchev–Trinajstić information content (AvgIpc) is 2.04. The lowest BCUT2D eigenvalue weighted by molar-refractivity contribution is -0.149. The summed E-state index contributed by atoms with van der Waals surface area (Å²) in [6.45, 7) is 31.8. The Labute approximate surface area is 148 Å². The molecule has 3 heteroatoms. The third-order valence-corrected chi connectivity index (χ3v) is 4.05. The van der Waals surface area contributed by atoms with Gasteiger partial charge in [0.1, 0.15) is 0 Å². The lowest BCUT2D eigenvalue weighted by Gasteiger charge is -2.63. The molecule has 2 nitrogen and oxygen atoms in total. The fourth-order valence-corrected chi connectivity index (χ4v) is 4.26. The van der Waals surface area contributed by atoms with Crippen LogP contribution in [0.15, 0.2) is 0 Å². The average molecular weight is 322 g/mol. The summed E-state index contributed by atoms with van der Waals surface area (Å²) in [5.74, 6) is 0. The summed E-state index contributed by atoms with van der Waals surface area (Å²) in [5.41, 5.74) is 0.0330. The van der Waals surface area contributed by atoms with Crippen LogP contribution in [-0.2, 0) is 0 Å². The van der Waals surface area contributed by atoms with Gasteiger partial charge in [-0.05, 0) is 88.4 Å². The molecule has 0 aliphatic carbocycles. The Balaban J connectivity index is 6.55. The molecule has 136 valence electrons. The Morgan fingerprint density at radius 2 is 0.652 bits per heavy atom. The first-order valence-electron chi connectivity index (χ1n) is 8.99. The quantitative estimate of drug-likeness (QED) is 0.501. The van der Waals surface area contributed by atoms with Crippen LogP contribution in [0.2, 0.25) is 5.31 Å². The molecule has 0 aliphatic rings. The van der Waals surface area contributed by atoms with E-state index >= 15 is 0 Å². The Hall–Kier alpha value is -0.0151. The summed E-state index contributed by atoms with van der Waals surface area (Å²) in [4.78, 5) is 5.19. The first-order chi connectivity index (χ1) is 9.61. The monoisotopic (exact) mass is 322 g/mol. The van der Waals surface area contributed by atoms with Gasteiger partial charge < -0.3 is 0 Å². The maximum Gasteiger partial charge on any atom is 0.0778 e. The Morgan fingerprint density at radius 3 is 0.739 bits per heavy atom. The summed E-state index contributed by atoms with van der Waals surface area (Å²) >= 11 is 0. The minimum Gasteiger partial charge on any atom is -0.278 e. The van der Waals surface area contributed by atoms with Crippen LogP contribution in [0.5, 0.6) is 0 Å². The zero-order chi connectivity index (χ0) is 19.2. The van der Waals surface area contributed by atoms with E-state index in [1.54, 1.807) is 0 Å². The second-order valence-corrected chi connectivity index (χ2v) is 11.6. The smallest absolute Gasteiger partial charge is 0.0778 e. The molecule has 0 aromatic carbocycles. The molecular weight excluding hydrogens is 279 g/mol. The Morgan fingerprint density at radius 1 is 0.478 bits per heavy atom. The van der Waals surface area contributed by atoms with Gasteiger partial charge in [-0.2, -0.15) is 0 Å². The molecule has 0 heterocycles. The third-order valence-electron chi connectivity index (χ3n) is 4.05. The maximum atomic E-state index is 6.78. The Kier molecular flexibility index (Phi) is 6.37. The largest absolute Gasteiger partial charge is 0.278 e. The van der Waals surface area contributed by atoms with Crippen molar-refractivity contribution < 1.29 is 0 Å². The summed E-state index contributed by atoms with van der Waals surface area (Å²) in [7, 11) is 6.78. The highest BCUT2D eigenvalue weighted by molar-refractivity contribution is 6.15. The molecule has 0 rings (SSSR count). The summed E-state index contributed by atoms with van der Waals surface area (Å²) in [5, 5.41) is -0.360. The normalized spacial score (nSPS) is 15.9. The van der Waals surface area contributed by atoms with Crippen molar-refractivity contribution >= 4 is 7.85 Å². The van der Waals surface area contributed by atoms with Crippen LogP contribution >= 0.6 is 0 Å². The number of rotatable bonds is 3. The van der Waals surface area contributed by atoms with E-state index in [-0.39, 0.29) is 33.6 Å². The van der Waals surface area contributed by atoms with Crippen LogP contribution in [0, 0.1) is 0 Å². The molecule has 23 heavy (non-hydrogen) atoms. The van der Waals surface area contributed by atoms with Gasteiger partial charge in [0.25, 0.3) is 0 Å². The van der Waals surface area contributed by atoms with Crippen LogP contribution in [-0.4, -0.2) is 46.0 Å². The number of nitrogens with zero attached hydrogens (tertiary/aromatic N) is 2. The van der Waals surface area contributed by atoms with E-state index in [2.05, 4.69) is 107 Å². The zero-order valence-electron chi connectivity index (χ0n) is 18.5. The molecule has 0 saturated carbocycles. The van der Waals surface area contributed by atoms with E-state index in [4.69, 9.17) is 7.85 Å². The SMILES string of the molecule is [B]C(C)(C)C(N(C(C)(C)C)C(C)(C)C)N(C(C)(C)C)C(C)(C)C. The molecule has 0 aliphatic heterocycles. The van der Waals surface area contributed by atoms with Crippen molar-refractivity contribution in [3.05, 3.63) is 0 Å². The highest BCUT2D eigenvalue weighted by Crippen LogP contribution is 2.44. The fourth-order valence-electron chi connectivity index (χ4n) is 4.26. The van der Waals surface area contributed by atoms with Crippen LogP contribution < -0.4 is 0 Å². The van der Waals surface area contributed by atoms with Crippen LogP contribution in [0.1, 0.15) is 96.9 Å². The predicted octanol–water partition coefficient (Wildman–Crippen LogP) is 5.48. The van der Waals surface area contributed by atoms with Crippen LogP contribution in [0.25, 0.3) is 0 Å². The van der Waals surface area contributed by atoms with Crippen molar-refractivity contribution in [1.29, 1.82) is 0 Å². The predicted molar refractivity (Wildman–Crippen MR) is 106 cm³/mol. The molecule has 0 aromatic heterocycles. The highest BCUT2D eigenvalue weighted by Gasteiger charge is 2.50. The van der Waals surface area contributed by atoms with Gasteiger partial charge in [0.2, 0.25) is 0 Å². The molecule has 0 saturated heterocycles. The van der Waals surface area contributed by atoms with Gasteiger partial charge in [0.15, 0.2) is 0 Å². The summed E-state index contributed by atoms with van der Waals surface area (Å²) in [6.07, 6.45) is 0.113. The second kappa shape index (κ2) is 6.37. The minimum atomic E-state index is -0.360. The van der Waals surface area contributed by atoms with Crippen molar-refractivity contribution in [2.75, 3.05) is 0 Å². The molecule has 0 spiro atoms. The molecule has 2 radical (unpaired) electrons. The molecule has 0 fully saturated rings. The highest BCUT2D eigenvalue weighted by atomic mass is 15.5. The van der Waals surface area contributed by atoms with Gasteiger partial charge in [-0.1, -0.05) is 13.8 Å². The minimum absolute atomic E-state index is 0.00824. The van der Waals surface area contributed by atoms with Crippen molar-refractivity contribution in [1.82, 2.24) is 9.80 Å². The standard InChI is InChI=1S/C20H43BN2/c1-16(2,3)22(17(4,5)6)15(20(13,14)21)23(18(7,8)9)19(10,11)12/h15H,1-14H3. The molecule has 0 N–H and O–H groups in total. The van der Waals surface area contributed by atoms with Gasteiger partial charge in [-0.3, -0.25) is 9.80 Å². The third kappa shape index (κ3) is 6.09. The van der Waals surface area contributed by atoms with Crippen LogP contribution in [0.3, 0.4) is 0 Å². The second-order valence-electron chi connectivity index (χ2n) is 11.6. The summed E-state index contributed by atoms with van der Waals surface area (Å²) < 4.78 is 0. The molecule has 0 aromatic rings. The molecule has 0 bridgehead atoms. The number of hydrogen-bond donors (Lipinski definition) is 0. The summed E-state index contributed by atoms with van der Waals surface area (Å²) in [6, 6.07) is 0. The fraction of sp³-hybridized carbons (Fsp3) is 1.00. The molecular formula is C20H43BN2. The van der Waals surface area contributed by atoms with E-state index in [9.17, 15) is 0 Å². The number of hydrogen-bond acceptors (Lipinski definition) is 2. The zero-order valence-corrected chi connectivity index (χ0v) is 18.5. The van der Waals surface area contributed by atoms with Gasteiger partial charge in [0.05, 0.1) is 14.0 Å². The first-order valence-corrected chi connectivity index (χ1v) is 8.99. The van der Waals surface area contributed by atoms with Gasteiger partial charge >= 0.3 is 0 Å². The molecule has 0 unspecified atom stereocenters. The van der Waals surface area contributed by atoms with Crippen molar-refractivity contribution in [2.24, 2.45) is 0 Å². The Bertz CT molecular complexity index is 320. The van der Waals surface area contributed by atoms with E-state index in [0.29, 0.717) is 0 Å². The van der Waals surface area contributed by atoms with E-state index in [1.165, 1.54) is 0 Å². The van der Waals surface area contributed by atoms with E-state index < -0.39 is 0 Å². The topological polar surface area (TPSA) is 6.48 Å². The maximum absolute atomic E-state index is 6.78. The van der Waals surface area contributed by atoms with Gasteiger partial charge in [-0.25, -0.2) is 0 Å². The van der Waals surface area contributed by atoms with Crippen molar-refractivity contribution in [3.63, 3.8) is 0 Å². The first kappa shape index (κ1) is 23.0.